The minimum Gasteiger partial charge on any atom is -0.328 e. The number of thioether (sulfide) groups is 1. The van der Waals surface area contributed by atoms with Gasteiger partial charge in [-0.25, -0.2) is 9.07 Å². The first-order valence-corrected chi connectivity index (χ1v) is 11.1. The van der Waals surface area contributed by atoms with Gasteiger partial charge in [0.05, 0.1) is 4.92 Å². The molecule has 3 aromatic rings. The standard InChI is InChI=1S/C22H18FN5O3S/c23-15-8-4-13(5-9-15)12-32-22-25-21-24-17-2-1-3-18(29)19(17)20(27(21)26-22)14-6-10-16(11-7-14)28(30)31/h4-11,20H,1-3,12H2,(H,24,25,26)/t20-/m0/s1. The van der Waals surface area contributed by atoms with Crippen LogP contribution in [0, 0.1) is 15.9 Å². The number of rotatable bonds is 5. The highest BCUT2D eigenvalue weighted by molar-refractivity contribution is 7.98. The van der Waals surface area contributed by atoms with Crippen LogP contribution in [0.2, 0.25) is 0 Å². The molecular weight excluding hydrogens is 433 g/mol. The molecule has 5 rings (SSSR count). The van der Waals surface area contributed by atoms with Crippen LogP contribution in [-0.4, -0.2) is 25.5 Å². The molecule has 1 aliphatic heterocycles. The summed E-state index contributed by atoms with van der Waals surface area (Å²) in [6.45, 7) is 0. The zero-order valence-corrected chi connectivity index (χ0v) is 17.6. The van der Waals surface area contributed by atoms with Crippen molar-refractivity contribution in [3.63, 3.8) is 0 Å². The van der Waals surface area contributed by atoms with Crippen molar-refractivity contribution in [2.75, 3.05) is 5.32 Å². The molecular formula is C22H18FN5O3S. The molecule has 2 heterocycles. The zero-order chi connectivity index (χ0) is 22.2. The minimum absolute atomic E-state index is 0.0128. The third-order valence-electron chi connectivity index (χ3n) is 5.55. The number of non-ortho nitro benzene ring substituents is 1. The number of allylic oxidation sites excluding steroid dienone is 2. The van der Waals surface area contributed by atoms with Crippen molar-refractivity contribution in [2.24, 2.45) is 0 Å². The molecule has 0 spiro atoms. The smallest absolute Gasteiger partial charge is 0.269 e. The molecule has 1 atom stereocenters. The fourth-order valence-electron chi connectivity index (χ4n) is 4.01. The van der Waals surface area contributed by atoms with E-state index in [0.717, 1.165) is 29.7 Å². The van der Waals surface area contributed by atoms with E-state index in [4.69, 9.17) is 0 Å². The fraction of sp³-hybridized carbons (Fsp3) is 0.227. The molecule has 0 saturated carbocycles. The van der Waals surface area contributed by atoms with Gasteiger partial charge in [0.25, 0.3) is 5.69 Å². The Balaban J connectivity index is 1.49. The number of nitro benzene ring substituents is 1. The number of ketones is 1. The van der Waals surface area contributed by atoms with E-state index in [-0.39, 0.29) is 17.3 Å². The highest BCUT2D eigenvalue weighted by atomic mass is 32.2. The number of anilines is 1. The van der Waals surface area contributed by atoms with E-state index < -0.39 is 11.0 Å². The van der Waals surface area contributed by atoms with Gasteiger partial charge in [-0.1, -0.05) is 23.9 Å². The first-order chi connectivity index (χ1) is 15.5. The lowest BCUT2D eigenvalue weighted by molar-refractivity contribution is -0.384. The minimum atomic E-state index is -0.498. The molecule has 32 heavy (non-hydrogen) atoms. The van der Waals surface area contributed by atoms with Gasteiger partial charge in [-0.3, -0.25) is 14.9 Å². The lowest BCUT2D eigenvalue weighted by Gasteiger charge is -2.32. The van der Waals surface area contributed by atoms with Crippen molar-refractivity contribution >= 4 is 29.2 Å². The van der Waals surface area contributed by atoms with Gasteiger partial charge in [-0.2, -0.15) is 4.98 Å². The Bertz CT molecular complexity index is 1240. The highest BCUT2D eigenvalue weighted by Crippen LogP contribution is 2.41. The second kappa shape index (κ2) is 8.19. The SMILES string of the molecule is O=C1CCCC2=C1[C@H](c1ccc([N+](=O)[O-])cc1)n1nc(SCc3ccc(F)cc3)nc1N2. The highest BCUT2D eigenvalue weighted by Gasteiger charge is 2.37. The van der Waals surface area contributed by atoms with Crippen LogP contribution in [0.25, 0.3) is 0 Å². The second-order valence-corrected chi connectivity index (χ2v) is 8.57. The molecule has 162 valence electrons. The van der Waals surface area contributed by atoms with Crippen LogP contribution >= 0.6 is 11.8 Å². The molecule has 10 heteroatoms. The Kier molecular flexibility index (Phi) is 5.22. The largest absolute Gasteiger partial charge is 0.328 e. The monoisotopic (exact) mass is 451 g/mol. The zero-order valence-electron chi connectivity index (χ0n) is 16.8. The van der Waals surface area contributed by atoms with Gasteiger partial charge < -0.3 is 5.32 Å². The topological polar surface area (TPSA) is 103 Å². The quantitative estimate of drug-likeness (QED) is 0.342. The summed E-state index contributed by atoms with van der Waals surface area (Å²) in [5.74, 6) is 0.857. The first-order valence-electron chi connectivity index (χ1n) is 10.1. The second-order valence-electron chi connectivity index (χ2n) is 7.62. The number of halogens is 1. The van der Waals surface area contributed by atoms with Gasteiger partial charge in [-0.05, 0) is 48.2 Å². The van der Waals surface area contributed by atoms with Crippen LogP contribution in [0.4, 0.5) is 16.0 Å². The maximum absolute atomic E-state index is 13.1. The summed E-state index contributed by atoms with van der Waals surface area (Å²) in [7, 11) is 0. The molecule has 0 fully saturated rings. The lowest BCUT2D eigenvalue weighted by Crippen LogP contribution is -2.31. The third kappa shape index (κ3) is 3.77. The van der Waals surface area contributed by atoms with E-state index in [1.807, 2.05) is 0 Å². The molecule has 0 radical (unpaired) electrons. The Morgan fingerprint density at radius 2 is 1.91 bits per heavy atom. The van der Waals surface area contributed by atoms with Crippen molar-refractivity contribution in [3.05, 3.63) is 86.9 Å². The first kappa shape index (κ1) is 20.4. The molecule has 0 unspecified atom stereocenters. The molecule has 2 aliphatic rings. The molecule has 0 amide bonds. The number of Topliss-reactive ketones (excluding diaryl/α,β-unsaturated/α-hetero) is 1. The number of carbonyl (C=O) groups is 1. The normalized spacial score (nSPS) is 17.5. The summed E-state index contributed by atoms with van der Waals surface area (Å²) in [5.41, 5.74) is 3.14. The fourth-order valence-corrected chi connectivity index (χ4v) is 4.80. The van der Waals surface area contributed by atoms with Gasteiger partial charge >= 0.3 is 0 Å². The summed E-state index contributed by atoms with van der Waals surface area (Å²) in [5, 5.41) is 19.5. The average molecular weight is 451 g/mol. The van der Waals surface area contributed by atoms with Crippen LogP contribution < -0.4 is 5.32 Å². The maximum atomic E-state index is 13.1. The van der Waals surface area contributed by atoms with Crippen molar-refractivity contribution in [1.82, 2.24) is 14.8 Å². The van der Waals surface area contributed by atoms with Crippen LogP contribution in [0.5, 0.6) is 0 Å². The molecule has 0 saturated heterocycles. The van der Waals surface area contributed by atoms with E-state index in [9.17, 15) is 19.3 Å². The van der Waals surface area contributed by atoms with Crippen molar-refractivity contribution < 1.29 is 14.1 Å². The summed E-state index contributed by atoms with van der Waals surface area (Å²) in [4.78, 5) is 28.0. The Morgan fingerprint density at radius 3 is 2.62 bits per heavy atom. The Morgan fingerprint density at radius 1 is 1.16 bits per heavy atom. The van der Waals surface area contributed by atoms with Gasteiger partial charge in [0.1, 0.15) is 11.9 Å². The van der Waals surface area contributed by atoms with Crippen molar-refractivity contribution in [3.8, 4) is 0 Å². The van der Waals surface area contributed by atoms with E-state index in [1.54, 1.807) is 28.9 Å². The van der Waals surface area contributed by atoms with Gasteiger partial charge in [0, 0.05) is 35.6 Å². The molecule has 0 bridgehead atoms. The lowest BCUT2D eigenvalue weighted by atomic mass is 9.85. The third-order valence-corrected chi connectivity index (χ3v) is 6.46. The predicted molar refractivity (Wildman–Crippen MR) is 117 cm³/mol. The average Bonchev–Trinajstić information content (AvgIpc) is 3.20. The Labute approximate surface area is 186 Å². The van der Waals surface area contributed by atoms with Crippen LogP contribution in [0.15, 0.2) is 65.0 Å². The molecule has 1 aromatic heterocycles. The number of fused-ring (bicyclic) bond motifs is 1. The number of nitrogens with one attached hydrogen (secondary N) is 1. The van der Waals surface area contributed by atoms with Crippen molar-refractivity contribution in [1.29, 1.82) is 0 Å². The van der Waals surface area contributed by atoms with Gasteiger partial charge in [0.15, 0.2) is 5.78 Å². The maximum Gasteiger partial charge on any atom is 0.269 e. The predicted octanol–water partition coefficient (Wildman–Crippen LogP) is 4.64. The van der Waals surface area contributed by atoms with Crippen molar-refractivity contribution in [2.45, 2.75) is 36.2 Å². The summed E-state index contributed by atoms with van der Waals surface area (Å²) >= 11 is 1.41. The summed E-state index contributed by atoms with van der Waals surface area (Å²) < 4.78 is 14.8. The Hall–Kier alpha value is -3.53. The molecule has 2 aromatic carbocycles. The number of aromatic nitrogens is 3. The van der Waals surface area contributed by atoms with E-state index in [2.05, 4.69) is 15.4 Å². The van der Waals surface area contributed by atoms with Crippen LogP contribution in [0.1, 0.15) is 36.4 Å². The summed E-state index contributed by atoms with van der Waals surface area (Å²) in [6, 6.07) is 12.0. The van der Waals surface area contributed by atoms with E-state index >= 15 is 0 Å². The number of nitrogens with zero attached hydrogens (tertiary/aromatic N) is 4. The number of benzene rings is 2. The number of hydrogen-bond donors (Lipinski definition) is 1. The molecule has 8 nitrogen and oxygen atoms in total. The van der Waals surface area contributed by atoms with Gasteiger partial charge in [-0.15, -0.1) is 5.10 Å². The molecule has 1 aliphatic carbocycles. The van der Waals surface area contributed by atoms with E-state index in [1.165, 1.54) is 36.0 Å². The number of hydrogen-bond acceptors (Lipinski definition) is 7. The van der Waals surface area contributed by atoms with Gasteiger partial charge in [0.2, 0.25) is 11.1 Å². The molecule has 1 N–H and O–H groups in total. The number of carbonyl (C=O) groups excluding carboxylic acids is 1. The number of nitro groups is 1. The van der Waals surface area contributed by atoms with E-state index in [0.29, 0.717) is 28.9 Å². The van der Waals surface area contributed by atoms with Crippen LogP contribution in [-0.2, 0) is 10.5 Å². The summed E-state index contributed by atoms with van der Waals surface area (Å²) in [6.07, 6.45) is 1.95. The van der Waals surface area contributed by atoms with Crippen LogP contribution in [0.3, 0.4) is 0 Å².